The van der Waals surface area contributed by atoms with Crippen molar-refractivity contribution in [3.05, 3.63) is 24.3 Å². The summed E-state index contributed by atoms with van der Waals surface area (Å²) < 4.78 is 0. The summed E-state index contributed by atoms with van der Waals surface area (Å²) in [6.07, 6.45) is 47.7. The van der Waals surface area contributed by atoms with E-state index in [-0.39, 0.29) is 32.3 Å². The molecule has 0 spiro atoms. The van der Waals surface area contributed by atoms with Gasteiger partial charge in [-0.15, -0.1) is 0 Å². The van der Waals surface area contributed by atoms with Crippen molar-refractivity contribution in [3.8, 4) is 0 Å². The van der Waals surface area contributed by atoms with E-state index in [1.54, 1.807) is 0 Å². The van der Waals surface area contributed by atoms with Crippen LogP contribution in [-0.4, -0.2) is 11.9 Å². The molecule has 0 fully saturated rings. The normalized spacial score (nSPS) is 11.1. The van der Waals surface area contributed by atoms with Crippen LogP contribution >= 0.6 is 0 Å². The smallest absolute Gasteiger partial charge is 0.550 e. The van der Waals surface area contributed by atoms with Gasteiger partial charge in [0.05, 0.1) is 0 Å². The molecule has 0 heterocycles. The van der Waals surface area contributed by atoms with Gasteiger partial charge in [-0.1, -0.05) is 167 Å². The van der Waals surface area contributed by atoms with Gasteiger partial charge in [-0.2, -0.15) is 0 Å². The van der Waals surface area contributed by atoms with E-state index in [0.29, 0.717) is 0 Å². The molecule has 4 nitrogen and oxygen atoms in total. The van der Waals surface area contributed by atoms with Crippen LogP contribution in [0.25, 0.3) is 0 Å². The van der Waals surface area contributed by atoms with Gasteiger partial charge in [0.1, 0.15) is 0 Å². The Hall–Kier alpha value is -0.957. The second-order valence-electron chi connectivity index (χ2n) is 12.8. The molecular weight excluding hydrogens is 610 g/mol. The van der Waals surface area contributed by atoms with Gasteiger partial charge in [-0.05, 0) is 77.0 Å². The van der Waals surface area contributed by atoms with Crippen molar-refractivity contribution in [1.29, 1.82) is 0 Å². The molecule has 0 N–H and O–H groups in total. The first-order valence-corrected chi connectivity index (χ1v) is 19.2. The fourth-order valence-electron chi connectivity index (χ4n) is 5.39. The van der Waals surface area contributed by atoms with Crippen LogP contribution in [0.15, 0.2) is 24.3 Å². The average molecular weight is 684 g/mol. The maximum Gasteiger partial charge on any atom is 2.00 e. The molecule has 0 aromatic rings. The van der Waals surface area contributed by atoms with E-state index in [1.165, 1.54) is 154 Å². The largest absolute Gasteiger partial charge is 2.00 e. The molecule has 0 radical (unpaired) electrons. The summed E-state index contributed by atoms with van der Waals surface area (Å²) in [5, 5.41) is 20.5. The number of unbranched alkanes of at least 4 members (excludes halogenated alkanes) is 26. The Balaban J connectivity index is -0.000000767. The van der Waals surface area contributed by atoms with Gasteiger partial charge in [-0.25, -0.2) is 0 Å². The van der Waals surface area contributed by atoms with Crippen LogP contribution in [0.2, 0.25) is 0 Å². The average Bonchev–Trinajstić information content (AvgIpc) is 3.00. The molecule has 0 amide bonds. The minimum Gasteiger partial charge on any atom is -0.550 e. The zero-order chi connectivity index (χ0) is 32.6. The number of carboxylic acids is 2. The van der Waals surface area contributed by atoms with Gasteiger partial charge >= 0.3 is 19.5 Å². The van der Waals surface area contributed by atoms with Crippen LogP contribution in [0.4, 0.5) is 0 Å². The molecule has 0 rings (SSSR count). The van der Waals surface area contributed by atoms with Crippen molar-refractivity contribution in [3.63, 3.8) is 0 Å². The minimum absolute atomic E-state index is 0. The van der Waals surface area contributed by atoms with E-state index < -0.39 is 11.9 Å². The van der Waals surface area contributed by atoms with Crippen LogP contribution in [0.3, 0.4) is 0 Å². The number of allylic oxidation sites excluding steroid dienone is 4. The molecular formula is C40H74O4Zn. The van der Waals surface area contributed by atoms with E-state index >= 15 is 0 Å². The Kier molecular flexibility index (Phi) is 48.6. The van der Waals surface area contributed by atoms with E-state index in [4.69, 9.17) is 0 Å². The molecule has 0 aromatic carbocycles. The molecule has 0 saturated heterocycles. The third-order valence-corrected chi connectivity index (χ3v) is 8.29. The van der Waals surface area contributed by atoms with Crippen LogP contribution < -0.4 is 10.2 Å². The number of carboxylic acid groups (broad SMARTS) is 2. The van der Waals surface area contributed by atoms with E-state index in [2.05, 4.69) is 38.2 Å². The summed E-state index contributed by atoms with van der Waals surface area (Å²) in [4.78, 5) is 20.5. The molecule has 0 aliphatic rings. The SMILES string of the molecule is CCCCCCCCCC/C=C\CCCCCCCC(=O)[O-].CCCCCCCCCC/C=C\CCCCCCCC(=O)[O-].[Zn+2]. The molecule has 0 aliphatic heterocycles. The van der Waals surface area contributed by atoms with Crippen molar-refractivity contribution >= 4 is 11.9 Å². The maximum absolute atomic E-state index is 10.2. The fraction of sp³-hybridized carbons (Fsp3) is 0.850. The number of hydrogen-bond donors (Lipinski definition) is 0. The molecule has 0 bridgehead atoms. The number of carbonyl (C=O) groups is 2. The van der Waals surface area contributed by atoms with Gasteiger partial charge in [0.25, 0.3) is 0 Å². The number of rotatable bonds is 34. The first-order chi connectivity index (χ1) is 21.5. The summed E-state index contributed by atoms with van der Waals surface area (Å²) in [5.74, 6) is -1.83. The second kappa shape index (κ2) is 45.2. The summed E-state index contributed by atoms with van der Waals surface area (Å²) in [6.45, 7) is 4.53. The molecule has 0 atom stereocenters. The first kappa shape index (κ1) is 48.4. The zero-order valence-corrected chi connectivity index (χ0v) is 33.2. The fourth-order valence-corrected chi connectivity index (χ4v) is 5.39. The van der Waals surface area contributed by atoms with Crippen LogP contribution in [0.1, 0.15) is 219 Å². The van der Waals surface area contributed by atoms with Crippen molar-refractivity contribution in [2.24, 2.45) is 0 Å². The molecule has 5 heteroatoms. The predicted molar refractivity (Wildman–Crippen MR) is 187 cm³/mol. The van der Waals surface area contributed by atoms with Crippen molar-refractivity contribution in [2.75, 3.05) is 0 Å². The molecule has 0 aliphatic carbocycles. The predicted octanol–water partition coefficient (Wildman–Crippen LogP) is 11.1. The van der Waals surface area contributed by atoms with Crippen LogP contribution in [0.5, 0.6) is 0 Å². The summed E-state index contributed by atoms with van der Waals surface area (Å²) in [7, 11) is 0. The standard InChI is InChI=1S/2C20H38O2.Zn/c2*1-2-3-4-5-6-7-8-9-10-11-12-13-14-15-16-17-18-19-20(21)22;/h2*11-12H,2-10,13-19H2,1H3,(H,21,22);/q;;+2/p-2/b2*12-11-;. The summed E-state index contributed by atoms with van der Waals surface area (Å²) in [6, 6.07) is 0. The monoisotopic (exact) mass is 682 g/mol. The van der Waals surface area contributed by atoms with E-state index in [1.807, 2.05) is 0 Å². The Bertz CT molecular complexity index is 578. The van der Waals surface area contributed by atoms with Crippen molar-refractivity contribution in [2.45, 2.75) is 219 Å². The Morgan fingerprint density at radius 1 is 0.356 bits per heavy atom. The summed E-state index contributed by atoms with van der Waals surface area (Å²) >= 11 is 0. The molecule has 260 valence electrons. The van der Waals surface area contributed by atoms with Crippen molar-refractivity contribution < 1.29 is 39.3 Å². The number of hydrogen-bond acceptors (Lipinski definition) is 4. The molecule has 0 saturated carbocycles. The quantitative estimate of drug-likeness (QED) is 0.0384. The van der Waals surface area contributed by atoms with Gasteiger partial charge in [0.15, 0.2) is 0 Å². The molecule has 45 heavy (non-hydrogen) atoms. The van der Waals surface area contributed by atoms with E-state index in [9.17, 15) is 19.8 Å². The molecule has 0 unspecified atom stereocenters. The topological polar surface area (TPSA) is 80.3 Å². The second-order valence-corrected chi connectivity index (χ2v) is 12.8. The van der Waals surface area contributed by atoms with Crippen LogP contribution in [0, 0.1) is 0 Å². The van der Waals surface area contributed by atoms with Gasteiger partial charge < -0.3 is 19.8 Å². The Morgan fingerprint density at radius 3 is 0.778 bits per heavy atom. The van der Waals surface area contributed by atoms with Gasteiger partial charge in [0.2, 0.25) is 0 Å². The summed E-state index contributed by atoms with van der Waals surface area (Å²) in [5.41, 5.74) is 0. The van der Waals surface area contributed by atoms with Gasteiger partial charge in [-0.3, -0.25) is 0 Å². The van der Waals surface area contributed by atoms with E-state index in [0.717, 1.165) is 38.5 Å². The zero-order valence-electron chi connectivity index (χ0n) is 30.3. The minimum atomic E-state index is -0.913. The number of carbonyl (C=O) groups excluding carboxylic acids is 2. The number of aliphatic carboxylic acids is 2. The molecule has 0 aromatic heterocycles. The third-order valence-electron chi connectivity index (χ3n) is 8.29. The van der Waals surface area contributed by atoms with Crippen molar-refractivity contribution in [1.82, 2.24) is 0 Å². The van der Waals surface area contributed by atoms with Gasteiger partial charge in [0, 0.05) is 11.9 Å². The van der Waals surface area contributed by atoms with Crippen LogP contribution in [-0.2, 0) is 29.1 Å². The Morgan fingerprint density at radius 2 is 0.556 bits per heavy atom. The first-order valence-electron chi connectivity index (χ1n) is 19.2. The maximum atomic E-state index is 10.2. The Labute approximate surface area is 293 Å². The third kappa shape index (κ3) is 52.8.